The number of nitrogens with zero attached hydrogens (tertiary/aromatic N) is 1. The Labute approximate surface area is 210 Å². The molecule has 2 aliphatic rings. The fourth-order valence-corrected chi connectivity index (χ4v) is 5.81. The Balaban J connectivity index is 1.64. The number of H-pyrrole nitrogens is 1. The summed E-state index contributed by atoms with van der Waals surface area (Å²) in [7, 11) is 0. The number of halogens is 3. The molecular weight excluding hydrogens is 487 g/mol. The Morgan fingerprint density at radius 3 is 2.57 bits per heavy atom. The van der Waals surface area contributed by atoms with Gasteiger partial charge in [0, 0.05) is 36.1 Å². The molecule has 2 aromatic carbocycles. The highest BCUT2D eigenvalue weighted by Crippen LogP contribution is 2.50. The van der Waals surface area contributed by atoms with Crippen molar-refractivity contribution < 1.29 is 32.7 Å². The fraction of sp³-hybridized carbons (Fsp3) is 0.370. The molecule has 5 rings (SSSR count). The van der Waals surface area contributed by atoms with Gasteiger partial charge in [0.1, 0.15) is 5.54 Å². The number of carboxylic acid groups (broad SMARTS) is 1. The Hall–Kier alpha value is -3.66. The number of alkyl halides is 3. The fourth-order valence-electron chi connectivity index (χ4n) is 5.81. The smallest absolute Gasteiger partial charge is 0.416 e. The van der Waals surface area contributed by atoms with Gasteiger partial charge in [-0.1, -0.05) is 43.7 Å². The monoisotopic (exact) mass is 513 g/mol. The lowest BCUT2D eigenvalue weighted by Crippen LogP contribution is -2.57. The summed E-state index contributed by atoms with van der Waals surface area (Å²) in [5.41, 5.74) is -1.29. The molecule has 0 radical (unpaired) electrons. The van der Waals surface area contributed by atoms with Crippen LogP contribution in [0.25, 0.3) is 10.9 Å². The third-order valence-electron chi connectivity index (χ3n) is 7.58. The number of carbonyl (C=O) groups excluding carboxylic acids is 2. The molecule has 2 saturated heterocycles. The number of aromatic amines is 1. The molecule has 4 unspecified atom stereocenters. The topological polar surface area (TPSA) is 102 Å². The van der Waals surface area contributed by atoms with E-state index >= 15 is 0 Å². The van der Waals surface area contributed by atoms with Crippen LogP contribution < -0.4 is 5.32 Å². The number of unbranched alkanes of at least 4 members (excludes halogenated alkanes) is 1. The number of carboxylic acids is 1. The number of hydrogen-bond acceptors (Lipinski definition) is 4. The largest absolute Gasteiger partial charge is 0.480 e. The first-order chi connectivity index (χ1) is 17.6. The molecule has 3 N–H and O–H groups in total. The van der Waals surface area contributed by atoms with Crippen LogP contribution in [-0.2, 0) is 27.0 Å². The Morgan fingerprint density at radius 2 is 1.86 bits per heavy atom. The van der Waals surface area contributed by atoms with E-state index in [-0.39, 0.29) is 18.5 Å². The summed E-state index contributed by atoms with van der Waals surface area (Å²) in [6.45, 7) is 2.04. The number of aromatic nitrogens is 1. The van der Waals surface area contributed by atoms with Crippen LogP contribution >= 0.6 is 0 Å². The molecular formula is C27H26F3N3O4. The zero-order valence-corrected chi connectivity index (χ0v) is 20.0. The maximum atomic E-state index is 13.6. The maximum Gasteiger partial charge on any atom is 0.416 e. The quantitative estimate of drug-likeness (QED) is 0.409. The van der Waals surface area contributed by atoms with Crippen molar-refractivity contribution in [3.05, 3.63) is 71.4 Å². The van der Waals surface area contributed by atoms with Crippen LogP contribution in [0, 0.1) is 11.8 Å². The minimum atomic E-state index is -4.62. The Kier molecular flexibility index (Phi) is 6.10. The molecule has 2 aliphatic heterocycles. The van der Waals surface area contributed by atoms with Gasteiger partial charge in [0.15, 0.2) is 0 Å². The summed E-state index contributed by atoms with van der Waals surface area (Å²) < 4.78 is 40.5. The Morgan fingerprint density at radius 1 is 1.11 bits per heavy atom. The number of fused-ring (bicyclic) bond motifs is 2. The maximum absolute atomic E-state index is 13.6. The predicted octanol–water partition coefficient (Wildman–Crippen LogP) is 4.30. The summed E-state index contributed by atoms with van der Waals surface area (Å²) in [4.78, 5) is 44.3. The second kappa shape index (κ2) is 9.02. The normalized spacial score (nSPS) is 25.7. The second-order valence-corrected chi connectivity index (χ2v) is 9.74. The minimum Gasteiger partial charge on any atom is -0.480 e. The van der Waals surface area contributed by atoms with Gasteiger partial charge in [-0.25, -0.2) is 0 Å². The molecule has 4 atom stereocenters. The zero-order valence-electron chi connectivity index (χ0n) is 20.0. The summed E-state index contributed by atoms with van der Waals surface area (Å²) in [5.74, 6) is -4.91. The summed E-state index contributed by atoms with van der Waals surface area (Å²) in [6.07, 6.45) is -1.84. The van der Waals surface area contributed by atoms with Gasteiger partial charge < -0.3 is 10.1 Å². The highest BCUT2D eigenvalue weighted by atomic mass is 19.4. The van der Waals surface area contributed by atoms with Gasteiger partial charge in [-0.15, -0.1) is 0 Å². The van der Waals surface area contributed by atoms with Crippen molar-refractivity contribution >= 4 is 28.7 Å². The number of carbonyl (C=O) groups is 3. The SMILES string of the molecule is CCCCN1C(=O)C2C(c3cccc(C(F)(F)F)c3)NC(Cc3c[nH]c4ccccc34)(C(=O)O)C2C1=O. The van der Waals surface area contributed by atoms with Gasteiger partial charge in [-0.2, -0.15) is 13.2 Å². The average molecular weight is 514 g/mol. The number of amides is 2. The van der Waals surface area contributed by atoms with Crippen molar-refractivity contribution in [2.24, 2.45) is 11.8 Å². The standard InChI is InChI=1S/C27H26F3N3O4/c1-2-3-11-33-23(34)20-21(24(33)35)26(25(36)37,13-16-14-31-19-10-5-4-9-18(16)19)32-22(20)15-7-6-8-17(12-15)27(28,29)30/h4-10,12,14,20-22,31-32H,2-3,11,13H2,1H3,(H,36,37). The highest BCUT2D eigenvalue weighted by molar-refractivity contribution is 6.09. The van der Waals surface area contributed by atoms with E-state index in [2.05, 4.69) is 10.3 Å². The molecule has 3 aromatic rings. The van der Waals surface area contributed by atoms with Crippen LogP contribution in [0.1, 0.15) is 42.5 Å². The number of hydrogen-bond donors (Lipinski definition) is 3. The van der Waals surface area contributed by atoms with Gasteiger partial charge in [0.2, 0.25) is 11.8 Å². The van der Waals surface area contributed by atoms with Crippen molar-refractivity contribution in [1.82, 2.24) is 15.2 Å². The van der Waals surface area contributed by atoms with Gasteiger partial charge >= 0.3 is 12.1 Å². The molecule has 10 heteroatoms. The lowest BCUT2D eigenvalue weighted by molar-refractivity contribution is -0.151. The molecule has 2 fully saturated rings. The number of imide groups is 1. The molecule has 2 amide bonds. The number of rotatable bonds is 7. The average Bonchev–Trinajstić information content (AvgIpc) is 3.50. The summed E-state index contributed by atoms with van der Waals surface area (Å²) in [5, 5.41) is 14.3. The van der Waals surface area contributed by atoms with Crippen molar-refractivity contribution in [3.63, 3.8) is 0 Å². The van der Waals surface area contributed by atoms with Crippen LogP contribution in [-0.4, -0.2) is 44.9 Å². The zero-order chi connectivity index (χ0) is 26.5. The molecule has 7 nitrogen and oxygen atoms in total. The highest BCUT2D eigenvalue weighted by Gasteiger charge is 2.68. The number of nitrogens with one attached hydrogen (secondary N) is 2. The van der Waals surface area contributed by atoms with Gasteiger partial charge in [-0.3, -0.25) is 24.6 Å². The Bertz CT molecular complexity index is 1380. The molecule has 0 saturated carbocycles. The van der Waals surface area contributed by atoms with Gasteiger partial charge in [0.05, 0.1) is 17.4 Å². The molecule has 194 valence electrons. The van der Waals surface area contributed by atoms with E-state index in [9.17, 15) is 32.7 Å². The van der Waals surface area contributed by atoms with E-state index in [0.717, 1.165) is 27.9 Å². The van der Waals surface area contributed by atoms with E-state index in [0.29, 0.717) is 18.4 Å². The van der Waals surface area contributed by atoms with Crippen LogP contribution in [0.15, 0.2) is 54.7 Å². The lowest BCUT2D eigenvalue weighted by atomic mass is 9.76. The van der Waals surface area contributed by atoms with Crippen molar-refractivity contribution in [2.75, 3.05) is 6.54 Å². The first-order valence-corrected chi connectivity index (χ1v) is 12.2. The number of likely N-dealkylation sites (tertiary alicyclic amines) is 1. The lowest BCUT2D eigenvalue weighted by Gasteiger charge is -2.31. The first kappa shape index (κ1) is 25.0. The minimum absolute atomic E-state index is 0.116. The van der Waals surface area contributed by atoms with E-state index in [1.807, 2.05) is 25.1 Å². The predicted molar refractivity (Wildman–Crippen MR) is 128 cm³/mol. The van der Waals surface area contributed by atoms with E-state index in [1.54, 1.807) is 12.3 Å². The third kappa shape index (κ3) is 3.99. The number of aliphatic carboxylic acids is 1. The van der Waals surface area contributed by atoms with Crippen molar-refractivity contribution in [2.45, 2.75) is 43.9 Å². The van der Waals surface area contributed by atoms with Crippen molar-refractivity contribution in [1.29, 1.82) is 0 Å². The number of para-hydroxylation sites is 1. The molecule has 3 heterocycles. The summed E-state index contributed by atoms with van der Waals surface area (Å²) in [6, 6.07) is 10.7. The molecule has 0 bridgehead atoms. The number of benzene rings is 2. The third-order valence-corrected chi connectivity index (χ3v) is 7.58. The second-order valence-electron chi connectivity index (χ2n) is 9.74. The van der Waals surface area contributed by atoms with Crippen molar-refractivity contribution in [3.8, 4) is 0 Å². The van der Waals surface area contributed by atoms with Crippen LogP contribution in [0.4, 0.5) is 13.2 Å². The van der Waals surface area contributed by atoms with Crippen LogP contribution in [0.3, 0.4) is 0 Å². The molecule has 37 heavy (non-hydrogen) atoms. The van der Waals surface area contributed by atoms with Gasteiger partial charge in [0.25, 0.3) is 0 Å². The molecule has 0 spiro atoms. The van der Waals surface area contributed by atoms with Gasteiger partial charge in [-0.05, 0) is 35.7 Å². The van der Waals surface area contributed by atoms with Crippen LogP contribution in [0.5, 0.6) is 0 Å². The summed E-state index contributed by atoms with van der Waals surface area (Å²) >= 11 is 0. The molecule has 1 aromatic heterocycles. The first-order valence-electron chi connectivity index (χ1n) is 12.2. The van der Waals surface area contributed by atoms with E-state index < -0.39 is 52.9 Å². The van der Waals surface area contributed by atoms with Crippen LogP contribution in [0.2, 0.25) is 0 Å². The molecule has 0 aliphatic carbocycles. The van der Waals surface area contributed by atoms with E-state index in [4.69, 9.17) is 0 Å². The van der Waals surface area contributed by atoms with E-state index in [1.165, 1.54) is 12.1 Å².